The third-order valence-corrected chi connectivity index (χ3v) is 5.95. The maximum atomic E-state index is 12.7. The monoisotopic (exact) mass is 407 g/mol. The molecule has 1 aromatic carbocycles. The number of nitrogens with zero attached hydrogens (tertiary/aromatic N) is 4. The first-order chi connectivity index (χ1) is 14.5. The highest BCUT2D eigenvalue weighted by Crippen LogP contribution is 2.30. The van der Waals surface area contributed by atoms with Crippen molar-refractivity contribution in [2.24, 2.45) is 5.92 Å². The van der Waals surface area contributed by atoms with Crippen molar-refractivity contribution in [1.82, 2.24) is 9.88 Å². The van der Waals surface area contributed by atoms with Gasteiger partial charge in [0.15, 0.2) is 0 Å². The summed E-state index contributed by atoms with van der Waals surface area (Å²) in [5.74, 6) is 1.00. The van der Waals surface area contributed by atoms with Crippen molar-refractivity contribution < 1.29 is 9.59 Å². The Morgan fingerprint density at radius 1 is 1.10 bits per heavy atom. The Morgan fingerprint density at radius 3 is 2.60 bits per heavy atom. The summed E-state index contributed by atoms with van der Waals surface area (Å²) in [6, 6.07) is 11.8. The lowest BCUT2D eigenvalue weighted by molar-refractivity contribution is -0.120. The van der Waals surface area contributed by atoms with E-state index < -0.39 is 0 Å². The fourth-order valence-electron chi connectivity index (χ4n) is 4.24. The van der Waals surface area contributed by atoms with Crippen molar-refractivity contribution in [3.63, 3.8) is 0 Å². The fourth-order valence-corrected chi connectivity index (χ4v) is 4.24. The van der Waals surface area contributed by atoms with Gasteiger partial charge in [-0.15, -0.1) is 0 Å². The first-order valence-corrected chi connectivity index (χ1v) is 10.6. The Bertz CT molecular complexity index is 909. The maximum Gasteiger partial charge on any atom is 0.228 e. The van der Waals surface area contributed by atoms with E-state index in [1.807, 2.05) is 49.5 Å². The quantitative estimate of drug-likeness (QED) is 0.824. The van der Waals surface area contributed by atoms with Crippen LogP contribution in [0.4, 0.5) is 17.2 Å². The minimum atomic E-state index is -0.103. The predicted molar refractivity (Wildman–Crippen MR) is 119 cm³/mol. The average Bonchev–Trinajstić information content (AvgIpc) is 3.18. The highest BCUT2D eigenvalue weighted by atomic mass is 16.2. The third-order valence-electron chi connectivity index (χ3n) is 5.95. The normalized spacial score (nSPS) is 17.5. The lowest BCUT2D eigenvalue weighted by Crippen LogP contribution is -2.48. The molecular weight excluding hydrogens is 378 g/mol. The SMILES string of the molecule is CC(=O)N1CCc2cc(NC(=O)[C@H](C)CN3CCN(c4ccccn4)CC3)ccc21. The molecule has 0 spiro atoms. The zero-order chi connectivity index (χ0) is 21.1. The van der Waals surface area contributed by atoms with Gasteiger partial charge in [0.05, 0.1) is 0 Å². The molecule has 7 nitrogen and oxygen atoms in total. The minimum absolute atomic E-state index is 0.0310. The number of fused-ring (bicyclic) bond motifs is 1. The van der Waals surface area contributed by atoms with Crippen LogP contribution >= 0.6 is 0 Å². The lowest BCUT2D eigenvalue weighted by atomic mass is 10.1. The number of amides is 2. The number of carbonyl (C=O) groups excluding carboxylic acids is 2. The second-order valence-corrected chi connectivity index (χ2v) is 8.13. The summed E-state index contributed by atoms with van der Waals surface area (Å²) in [6.07, 6.45) is 2.65. The van der Waals surface area contributed by atoms with Crippen LogP contribution in [0.5, 0.6) is 0 Å². The number of hydrogen-bond donors (Lipinski definition) is 1. The highest BCUT2D eigenvalue weighted by molar-refractivity contribution is 5.96. The molecule has 7 heteroatoms. The van der Waals surface area contributed by atoms with Crippen molar-refractivity contribution >= 4 is 29.0 Å². The number of anilines is 3. The summed E-state index contributed by atoms with van der Waals surface area (Å²) in [4.78, 5) is 35.3. The van der Waals surface area contributed by atoms with E-state index in [1.165, 1.54) is 0 Å². The van der Waals surface area contributed by atoms with Crippen molar-refractivity contribution in [1.29, 1.82) is 0 Å². The Hall–Kier alpha value is -2.93. The second kappa shape index (κ2) is 8.83. The van der Waals surface area contributed by atoms with E-state index in [4.69, 9.17) is 0 Å². The van der Waals surface area contributed by atoms with Gasteiger partial charge in [-0.25, -0.2) is 4.98 Å². The molecule has 3 heterocycles. The number of nitrogens with one attached hydrogen (secondary N) is 1. The van der Waals surface area contributed by atoms with Gasteiger partial charge in [-0.1, -0.05) is 13.0 Å². The molecule has 1 saturated heterocycles. The topological polar surface area (TPSA) is 68.8 Å². The van der Waals surface area contributed by atoms with E-state index in [0.29, 0.717) is 6.54 Å². The molecule has 0 bridgehead atoms. The summed E-state index contributed by atoms with van der Waals surface area (Å²) in [5, 5.41) is 3.05. The van der Waals surface area contributed by atoms with Crippen LogP contribution in [0.3, 0.4) is 0 Å². The third kappa shape index (κ3) is 4.46. The average molecular weight is 408 g/mol. The maximum absolute atomic E-state index is 12.7. The van der Waals surface area contributed by atoms with Crippen molar-refractivity contribution in [3.05, 3.63) is 48.2 Å². The summed E-state index contributed by atoms with van der Waals surface area (Å²) in [5.41, 5.74) is 2.87. The molecule has 4 rings (SSSR count). The van der Waals surface area contributed by atoms with Crippen LogP contribution in [0.25, 0.3) is 0 Å². The number of pyridine rings is 1. The van der Waals surface area contributed by atoms with Crippen LogP contribution in [0.1, 0.15) is 19.4 Å². The molecule has 0 aliphatic carbocycles. The smallest absolute Gasteiger partial charge is 0.228 e. The van der Waals surface area contributed by atoms with E-state index in [2.05, 4.69) is 20.1 Å². The molecule has 2 aromatic rings. The number of benzene rings is 1. The molecule has 0 saturated carbocycles. The van der Waals surface area contributed by atoms with Crippen LogP contribution in [0.2, 0.25) is 0 Å². The Balaban J connectivity index is 1.28. The van der Waals surface area contributed by atoms with Gasteiger partial charge in [-0.2, -0.15) is 0 Å². The number of rotatable bonds is 5. The second-order valence-electron chi connectivity index (χ2n) is 8.13. The molecule has 1 fully saturated rings. The molecule has 1 N–H and O–H groups in total. The first-order valence-electron chi connectivity index (χ1n) is 10.6. The van der Waals surface area contributed by atoms with Gasteiger partial charge in [0.1, 0.15) is 5.82 Å². The first kappa shape index (κ1) is 20.3. The summed E-state index contributed by atoms with van der Waals surface area (Å²) in [7, 11) is 0. The zero-order valence-corrected chi connectivity index (χ0v) is 17.7. The van der Waals surface area contributed by atoms with Crippen molar-refractivity contribution in [3.8, 4) is 0 Å². The molecule has 1 atom stereocenters. The highest BCUT2D eigenvalue weighted by Gasteiger charge is 2.24. The van der Waals surface area contributed by atoms with E-state index in [0.717, 1.165) is 61.9 Å². The molecule has 2 amide bonds. The van der Waals surface area contributed by atoms with Gasteiger partial charge in [0.25, 0.3) is 0 Å². The van der Waals surface area contributed by atoms with E-state index >= 15 is 0 Å². The van der Waals surface area contributed by atoms with Crippen molar-refractivity contribution in [2.75, 3.05) is 54.4 Å². The van der Waals surface area contributed by atoms with Gasteiger partial charge in [0.2, 0.25) is 11.8 Å². The minimum Gasteiger partial charge on any atom is -0.354 e. The van der Waals surface area contributed by atoms with Gasteiger partial charge < -0.3 is 15.1 Å². The molecule has 158 valence electrons. The van der Waals surface area contributed by atoms with Gasteiger partial charge in [-0.3, -0.25) is 14.5 Å². The molecule has 0 radical (unpaired) electrons. The standard InChI is InChI=1S/C23H29N5O2/c1-17(16-26-11-13-27(14-12-26)22-5-3-4-9-24-22)23(30)25-20-6-7-21-19(15-20)8-10-28(21)18(2)29/h3-7,9,15,17H,8,10-14,16H2,1-2H3,(H,25,30)/t17-/m1/s1. The Labute approximate surface area is 177 Å². The van der Waals surface area contributed by atoms with Gasteiger partial charge in [0, 0.05) is 69.7 Å². The molecule has 1 aromatic heterocycles. The van der Waals surface area contributed by atoms with E-state index in [-0.39, 0.29) is 17.7 Å². The Kier molecular flexibility index (Phi) is 5.99. The van der Waals surface area contributed by atoms with Crippen LogP contribution in [0, 0.1) is 5.92 Å². The lowest BCUT2D eigenvalue weighted by Gasteiger charge is -2.36. The largest absolute Gasteiger partial charge is 0.354 e. The van der Waals surface area contributed by atoms with Gasteiger partial charge in [-0.05, 0) is 42.3 Å². The number of hydrogen-bond acceptors (Lipinski definition) is 5. The van der Waals surface area contributed by atoms with Crippen LogP contribution in [-0.2, 0) is 16.0 Å². The predicted octanol–water partition coefficient (Wildman–Crippen LogP) is 2.39. The Morgan fingerprint density at radius 2 is 1.90 bits per heavy atom. The summed E-state index contributed by atoms with van der Waals surface area (Å²) >= 11 is 0. The molecule has 0 unspecified atom stereocenters. The van der Waals surface area contributed by atoms with E-state index in [1.54, 1.807) is 11.8 Å². The number of aromatic nitrogens is 1. The summed E-state index contributed by atoms with van der Waals surface area (Å²) in [6.45, 7) is 8.70. The summed E-state index contributed by atoms with van der Waals surface area (Å²) < 4.78 is 0. The van der Waals surface area contributed by atoms with Crippen LogP contribution in [-0.4, -0.2) is 61.0 Å². The fraction of sp³-hybridized carbons (Fsp3) is 0.435. The molecule has 30 heavy (non-hydrogen) atoms. The van der Waals surface area contributed by atoms with Gasteiger partial charge >= 0.3 is 0 Å². The molecule has 2 aliphatic rings. The number of carbonyl (C=O) groups is 2. The van der Waals surface area contributed by atoms with E-state index in [9.17, 15) is 9.59 Å². The van der Waals surface area contributed by atoms with Crippen LogP contribution in [0.15, 0.2) is 42.6 Å². The zero-order valence-electron chi connectivity index (χ0n) is 17.7. The van der Waals surface area contributed by atoms with Crippen LogP contribution < -0.4 is 15.1 Å². The molecule has 2 aliphatic heterocycles. The number of piperazine rings is 1. The van der Waals surface area contributed by atoms with Crippen molar-refractivity contribution in [2.45, 2.75) is 20.3 Å². The molecular formula is C23H29N5O2.